The van der Waals surface area contributed by atoms with Crippen molar-refractivity contribution in [1.82, 2.24) is 0 Å². The van der Waals surface area contributed by atoms with Gasteiger partial charge in [0.2, 0.25) is 0 Å². The average Bonchev–Trinajstić information content (AvgIpc) is 3.00. The Morgan fingerprint density at radius 1 is 1.19 bits per heavy atom. The number of allylic oxidation sites excluding steroid dienone is 1. The zero-order valence-electron chi connectivity index (χ0n) is 12.3. The summed E-state index contributed by atoms with van der Waals surface area (Å²) in [4.78, 5) is 14.4. The van der Waals surface area contributed by atoms with E-state index in [1.165, 1.54) is 22.4 Å². The molecule has 21 heavy (non-hydrogen) atoms. The Hall–Kier alpha value is -1.39. The maximum Gasteiger partial charge on any atom is 0.309 e. The molecule has 2 aromatic heterocycles. The summed E-state index contributed by atoms with van der Waals surface area (Å²) >= 11 is 3.47. The largest absolute Gasteiger partial charge is 0.469 e. The lowest BCUT2D eigenvalue weighted by Gasteiger charge is -2.04. The number of rotatable bonds is 4. The Kier molecular flexibility index (Phi) is 3.76. The lowest BCUT2D eigenvalue weighted by molar-refractivity contribution is -0.143. The van der Waals surface area contributed by atoms with Gasteiger partial charge in [-0.1, -0.05) is 32.1 Å². The fourth-order valence-electron chi connectivity index (χ4n) is 2.89. The van der Waals surface area contributed by atoms with Crippen LogP contribution in [0.2, 0.25) is 0 Å². The van der Waals surface area contributed by atoms with Gasteiger partial charge >= 0.3 is 5.97 Å². The fourth-order valence-corrected chi connectivity index (χ4v) is 4.49. The number of carbonyl (C=O) groups excluding carboxylic acids is 1. The molecule has 0 aliphatic heterocycles. The van der Waals surface area contributed by atoms with Crippen LogP contribution in [0, 0.1) is 17.3 Å². The molecular formula is C17H18O2S2. The van der Waals surface area contributed by atoms with Crippen molar-refractivity contribution in [3.63, 3.8) is 0 Å². The zero-order chi connectivity index (χ0) is 15.0. The van der Waals surface area contributed by atoms with Crippen molar-refractivity contribution in [2.45, 2.75) is 13.8 Å². The molecule has 2 heterocycles. The van der Waals surface area contributed by atoms with Crippen LogP contribution in [0.15, 0.2) is 41.1 Å². The molecule has 1 aliphatic rings. The van der Waals surface area contributed by atoms with Crippen LogP contribution in [-0.2, 0) is 9.53 Å². The highest BCUT2D eigenvalue weighted by atomic mass is 32.1. The summed E-state index contributed by atoms with van der Waals surface area (Å²) in [6, 6.07) is 8.41. The van der Waals surface area contributed by atoms with E-state index < -0.39 is 0 Å². The van der Waals surface area contributed by atoms with Gasteiger partial charge in [-0.3, -0.25) is 4.79 Å². The number of ether oxygens (including phenoxy) is 1. The zero-order valence-corrected chi connectivity index (χ0v) is 14.0. The number of carbonyl (C=O) groups is 1. The van der Waals surface area contributed by atoms with Crippen molar-refractivity contribution in [3.05, 3.63) is 50.9 Å². The SMILES string of the molecule is COC(=O)[C@@H]1[C@H](C=C(c2cccs2)c2cccs2)C1(C)C. The van der Waals surface area contributed by atoms with Crippen LogP contribution < -0.4 is 0 Å². The molecule has 2 atom stereocenters. The van der Waals surface area contributed by atoms with Crippen molar-refractivity contribution in [3.8, 4) is 0 Å². The summed E-state index contributed by atoms with van der Waals surface area (Å²) in [5.41, 5.74) is 1.22. The normalized spacial score (nSPS) is 22.6. The first-order valence-electron chi connectivity index (χ1n) is 6.93. The standard InChI is InChI=1S/C17H18O2S2/c1-17(2)12(15(17)16(18)19-3)10-11(13-6-4-8-20-13)14-7-5-9-21-14/h4-10,12,15H,1-3H3/t12-,15-/m0/s1. The van der Waals surface area contributed by atoms with Crippen LogP contribution in [0.1, 0.15) is 23.6 Å². The lowest BCUT2D eigenvalue weighted by atomic mass is 10.1. The van der Waals surface area contributed by atoms with Gasteiger partial charge in [0, 0.05) is 15.3 Å². The van der Waals surface area contributed by atoms with Gasteiger partial charge in [-0.2, -0.15) is 0 Å². The fraction of sp³-hybridized carbons (Fsp3) is 0.353. The van der Waals surface area contributed by atoms with Crippen molar-refractivity contribution < 1.29 is 9.53 Å². The van der Waals surface area contributed by atoms with Crippen LogP contribution >= 0.6 is 22.7 Å². The Morgan fingerprint density at radius 3 is 2.19 bits per heavy atom. The summed E-state index contributed by atoms with van der Waals surface area (Å²) in [5.74, 6) is 0.111. The van der Waals surface area contributed by atoms with E-state index >= 15 is 0 Å². The highest BCUT2D eigenvalue weighted by molar-refractivity contribution is 7.13. The number of thiophene rings is 2. The second kappa shape index (κ2) is 5.43. The van der Waals surface area contributed by atoms with E-state index in [4.69, 9.17) is 4.74 Å². The maximum absolute atomic E-state index is 11.9. The summed E-state index contributed by atoms with van der Waals surface area (Å²) in [5, 5.41) is 4.18. The molecule has 0 unspecified atom stereocenters. The van der Waals surface area contributed by atoms with Crippen LogP contribution in [0.3, 0.4) is 0 Å². The lowest BCUT2D eigenvalue weighted by Crippen LogP contribution is -2.07. The molecule has 2 nitrogen and oxygen atoms in total. The van der Waals surface area contributed by atoms with E-state index in [1.54, 1.807) is 22.7 Å². The molecule has 0 N–H and O–H groups in total. The van der Waals surface area contributed by atoms with E-state index in [1.807, 2.05) is 0 Å². The molecule has 0 saturated heterocycles. The number of methoxy groups -OCH3 is 1. The molecule has 0 aromatic carbocycles. The monoisotopic (exact) mass is 318 g/mol. The second-order valence-corrected chi connectivity index (χ2v) is 7.78. The minimum absolute atomic E-state index is 0.0210. The van der Waals surface area contributed by atoms with Crippen molar-refractivity contribution >= 4 is 34.2 Å². The number of esters is 1. The molecule has 4 heteroatoms. The summed E-state index contributed by atoms with van der Waals surface area (Å²) in [6.07, 6.45) is 2.26. The molecule has 0 bridgehead atoms. The van der Waals surface area contributed by atoms with Gasteiger partial charge in [-0.15, -0.1) is 22.7 Å². The molecule has 3 rings (SSSR count). The Balaban J connectivity index is 1.97. The first-order valence-corrected chi connectivity index (χ1v) is 8.69. The molecule has 0 radical (unpaired) electrons. The van der Waals surface area contributed by atoms with E-state index in [-0.39, 0.29) is 23.2 Å². The predicted molar refractivity (Wildman–Crippen MR) is 88.5 cm³/mol. The third-order valence-corrected chi connectivity index (χ3v) is 6.09. The highest BCUT2D eigenvalue weighted by Crippen LogP contribution is 2.60. The van der Waals surface area contributed by atoms with E-state index in [9.17, 15) is 4.79 Å². The third-order valence-electron chi connectivity index (χ3n) is 4.29. The van der Waals surface area contributed by atoms with Gasteiger partial charge in [0.25, 0.3) is 0 Å². The minimum Gasteiger partial charge on any atom is -0.469 e. The quantitative estimate of drug-likeness (QED) is 0.765. The van der Waals surface area contributed by atoms with Crippen LogP contribution in [-0.4, -0.2) is 13.1 Å². The molecule has 0 amide bonds. The van der Waals surface area contributed by atoms with Gasteiger partial charge in [0.05, 0.1) is 13.0 Å². The first kappa shape index (κ1) is 14.5. The van der Waals surface area contributed by atoms with Crippen molar-refractivity contribution in [2.24, 2.45) is 17.3 Å². The predicted octanol–water partition coefficient (Wildman–Crippen LogP) is 4.69. The van der Waals surface area contributed by atoms with E-state index in [2.05, 4.69) is 54.9 Å². The molecular weight excluding hydrogens is 300 g/mol. The van der Waals surface area contributed by atoms with Gasteiger partial charge in [0.15, 0.2) is 0 Å². The van der Waals surface area contributed by atoms with Gasteiger partial charge < -0.3 is 4.74 Å². The highest BCUT2D eigenvalue weighted by Gasteiger charge is 2.61. The van der Waals surface area contributed by atoms with Gasteiger partial charge in [-0.25, -0.2) is 0 Å². The Morgan fingerprint density at radius 2 is 1.76 bits per heavy atom. The topological polar surface area (TPSA) is 26.3 Å². The number of hydrogen-bond acceptors (Lipinski definition) is 4. The van der Waals surface area contributed by atoms with Gasteiger partial charge in [0.1, 0.15) is 0 Å². The third kappa shape index (κ3) is 2.58. The Bertz CT molecular complexity index is 615. The molecule has 1 fully saturated rings. The average molecular weight is 318 g/mol. The summed E-state index contributed by atoms with van der Waals surface area (Å²) in [6.45, 7) is 4.27. The number of hydrogen-bond donors (Lipinski definition) is 0. The molecule has 2 aromatic rings. The smallest absolute Gasteiger partial charge is 0.309 e. The summed E-state index contributed by atoms with van der Waals surface area (Å²) < 4.78 is 4.94. The van der Waals surface area contributed by atoms with Crippen LogP contribution in [0.5, 0.6) is 0 Å². The molecule has 1 saturated carbocycles. The second-order valence-electron chi connectivity index (χ2n) is 5.88. The molecule has 1 aliphatic carbocycles. The van der Waals surface area contributed by atoms with E-state index in [0.29, 0.717) is 0 Å². The maximum atomic E-state index is 11.9. The Labute approximate surface area is 133 Å². The molecule has 110 valence electrons. The van der Waals surface area contributed by atoms with Crippen molar-refractivity contribution in [1.29, 1.82) is 0 Å². The van der Waals surface area contributed by atoms with Gasteiger partial charge in [-0.05, 0) is 34.2 Å². The van der Waals surface area contributed by atoms with Crippen molar-refractivity contribution in [2.75, 3.05) is 7.11 Å². The minimum atomic E-state index is -0.0991. The molecule has 0 spiro atoms. The van der Waals surface area contributed by atoms with E-state index in [0.717, 1.165) is 0 Å². The summed E-state index contributed by atoms with van der Waals surface area (Å²) in [7, 11) is 1.47. The van der Waals surface area contributed by atoms with Crippen LogP contribution in [0.4, 0.5) is 0 Å². The first-order chi connectivity index (χ1) is 10.1. The van der Waals surface area contributed by atoms with Crippen LogP contribution in [0.25, 0.3) is 5.57 Å².